The van der Waals surface area contributed by atoms with E-state index >= 15 is 0 Å². The van der Waals surface area contributed by atoms with Crippen molar-refractivity contribution in [1.29, 1.82) is 0 Å². The molecule has 1 amide bonds. The van der Waals surface area contributed by atoms with E-state index in [9.17, 15) is 4.79 Å². The molecule has 0 saturated heterocycles. The minimum absolute atomic E-state index is 0.147. The number of halogens is 1. The second kappa shape index (κ2) is 6.50. The molecule has 0 radical (unpaired) electrons. The maximum Gasteiger partial charge on any atom is 0.251 e. The highest BCUT2D eigenvalue weighted by molar-refractivity contribution is 9.10. The van der Waals surface area contributed by atoms with Crippen LogP contribution in [0.5, 0.6) is 0 Å². The number of carbonyl (C=O) groups is 1. The first-order valence-electron chi connectivity index (χ1n) is 5.08. The van der Waals surface area contributed by atoms with Crippen LogP contribution in [0.25, 0.3) is 0 Å². The number of aliphatic hydroxyl groups is 1. The highest BCUT2D eigenvalue weighted by Crippen LogP contribution is 2.17. The zero-order valence-electron chi connectivity index (χ0n) is 8.87. The maximum absolute atomic E-state index is 11.7. The number of unbranched alkanes of at least 4 members (excludes halogenated alkanes) is 1. The van der Waals surface area contributed by atoms with Gasteiger partial charge in [-0.2, -0.15) is 0 Å². The standard InChI is InChI=1S/C11H15BrN2O2/c12-9-5-8(6-10(13)7-9)11(16)14-3-1-2-4-15/h5-7,15H,1-4,13H2,(H,14,16). The number of anilines is 1. The van der Waals surface area contributed by atoms with Gasteiger partial charge in [-0.1, -0.05) is 15.9 Å². The number of benzene rings is 1. The fourth-order valence-electron chi connectivity index (χ4n) is 1.28. The van der Waals surface area contributed by atoms with Crippen molar-refractivity contribution in [2.45, 2.75) is 12.8 Å². The summed E-state index contributed by atoms with van der Waals surface area (Å²) >= 11 is 3.28. The number of rotatable bonds is 5. The molecule has 0 aromatic heterocycles. The summed E-state index contributed by atoms with van der Waals surface area (Å²) in [6.07, 6.45) is 1.46. The molecule has 0 saturated carbocycles. The van der Waals surface area contributed by atoms with Gasteiger partial charge in [-0.25, -0.2) is 0 Å². The van der Waals surface area contributed by atoms with Crippen molar-refractivity contribution in [3.8, 4) is 0 Å². The predicted molar refractivity (Wildman–Crippen MR) is 67.2 cm³/mol. The summed E-state index contributed by atoms with van der Waals surface area (Å²) in [5.74, 6) is -0.147. The molecule has 0 aliphatic carbocycles. The van der Waals surface area contributed by atoms with Gasteiger partial charge in [0.15, 0.2) is 0 Å². The van der Waals surface area contributed by atoms with E-state index in [2.05, 4.69) is 21.2 Å². The first kappa shape index (κ1) is 13.0. The van der Waals surface area contributed by atoms with Crippen LogP contribution >= 0.6 is 15.9 Å². The van der Waals surface area contributed by atoms with Crippen molar-refractivity contribution < 1.29 is 9.90 Å². The number of carbonyl (C=O) groups excluding carboxylic acids is 1. The molecule has 0 bridgehead atoms. The lowest BCUT2D eigenvalue weighted by Crippen LogP contribution is -2.24. The van der Waals surface area contributed by atoms with Crippen LogP contribution in [0, 0.1) is 0 Å². The van der Waals surface area contributed by atoms with Crippen LogP contribution in [-0.2, 0) is 0 Å². The minimum atomic E-state index is -0.147. The molecule has 1 aromatic rings. The van der Waals surface area contributed by atoms with E-state index in [1.807, 2.05) is 0 Å². The molecule has 4 nitrogen and oxygen atoms in total. The molecule has 1 aromatic carbocycles. The van der Waals surface area contributed by atoms with Gasteiger partial charge in [-0.3, -0.25) is 4.79 Å². The van der Waals surface area contributed by atoms with Gasteiger partial charge in [-0.15, -0.1) is 0 Å². The van der Waals surface area contributed by atoms with E-state index in [0.717, 1.165) is 10.9 Å². The first-order chi connectivity index (χ1) is 7.63. The van der Waals surface area contributed by atoms with Gasteiger partial charge in [0.05, 0.1) is 0 Å². The summed E-state index contributed by atoms with van der Waals surface area (Å²) in [7, 11) is 0. The molecule has 5 heteroatoms. The maximum atomic E-state index is 11.7. The van der Waals surface area contributed by atoms with Crippen LogP contribution in [0.3, 0.4) is 0 Å². The van der Waals surface area contributed by atoms with Crippen LogP contribution in [0.2, 0.25) is 0 Å². The first-order valence-corrected chi connectivity index (χ1v) is 5.88. The van der Waals surface area contributed by atoms with Crippen LogP contribution in [0.15, 0.2) is 22.7 Å². The number of nitrogens with two attached hydrogens (primary N) is 1. The van der Waals surface area contributed by atoms with E-state index in [1.54, 1.807) is 18.2 Å². The van der Waals surface area contributed by atoms with E-state index < -0.39 is 0 Å². The second-order valence-corrected chi connectivity index (χ2v) is 4.38. The molecule has 4 N–H and O–H groups in total. The van der Waals surface area contributed by atoms with E-state index in [4.69, 9.17) is 10.8 Å². The third-order valence-corrected chi connectivity index (χ3v) is 2.51. The second-order valence-electron chi connectivity index (χ2n) is 3.46. The number of hydrogen-bond donors (Lipinski definition) is 3. The van der Waals surface area contributed by atoms with Crippen LogP contribution < -0.4 is 11.1 Å². The van der Waals surface area contributed by atoms with Gasteiger partial charge in [0, 0.05) is 28.9 Å². The van der Waals surface area contributed by atoms with Crippen molar-refractivity contribution >= 4 is 27.5 Å². The fraction of sp³-hybridized carbons (Fsp3) is 0.364. The average Bonchev–Trinajstić information content (AvgIpc) is 2.22. The van der Waals surface area contributed by atoms with Gasteiger partial charge in [0.2, 0.25) is 0 Å². The van der Waals surface area contributed by atoms with Gasteiger partial charge in [0.25, 0.3) is 5.91 Å². The largest absolute Gasteiger partial charge is 0.399 e. The zero-order chi connectivity index (χ0) is 12.0. The third-order valence-electron chi connectivity index (χ3n) is 2.05. The topological polar surface area (TPSA) is 75.4 Å². The molecule has 16 heavy (non-hydrogen) atoms. The summed E-state index contributed by atoms with van der Waals surface area (Å²) < 4.78 is 0.785. The highest BCUT2D eigenvalue weighted by Gasteiger charge is 2.06. The lowest BCUT2D eigenvalue weighted by molar-refractivity contribution is 0.0952. The SMILES string of the molecule is Nc1cc(Br)cc(C(=O)NCCCCO)c1. The lowest BCUT2D eigenvalue weighted by atomic mass is 10.2. The van der Waals surface area contributed by atoms with Crippen molar-refractivity contribution in [3.05, 3.63) is 28.2 Å². The molecule has 0 atom stereocenters. The average molecular weight is 287 g/mol. The summed E-state index contributed by atoms with van der Waals surface area (Å²) in [6, 6.07) is 5.09. The van der Waals surface area contributed by atoms with Crippen LogP contribution in [-0.4, -0.2) is 24.2 Å². The Labute approximate surface area is 103 Å². The zero-order valence-corrected chi connectivity index (χ0v) is 10.5. The Morgan fingerprint density at radius 1 is 1.38 bits per heavy atom. The number of aliphatic hydroxyl groups excluding tert-OH is 1. The highest BCUT2D eigenvalue weighted by atomic mass is 79.9. The summed E-state index contributed by atoms with van der Waals surface area (Å²) in [5.41, 5.74) is 6.72. The quantitative estimate of drug-likeness (QED) is 0.568. The van der Waals surface area contributed by atoms with Crippen molar-refractivity contribution in [3.63, 3.8) is 0 Å². The molecule has 0 fully saturated rings. The molecule has 88 valence electrons. The van der Waals surface area contributed by atoms with Crippen LogP contribution in [0.4, 0.5) is 5.69 Å². The number of nitrogen functional groups attached to an aromatic ring is 1. The molecule has 0 aliphatic heterocycles. The Morgan fingerprint density at radius 2 is 2.12 bits per heavy atom. The molecule has 0 aliphatic rings. The summed E-state index contributed by atoms with van der Waals surface area (Å²) in [5, 5.41) is 11.3. The predicted octanol–water partition coefficient (Wildman–Crippen LogP) is 1.53. The Bertz CT molecular complexity index is 349. The Balaban J connectivity index is 2.52. The van der Waals surface area contributed by atoms with Gasteiger partial charge < -0.3 is 16.2 Å². The molecular formula is C11H15BrN2O2. The van der Waals surface area contributed by atoms with Gasteiger partial charge in [0.1, 0.15) is 0 Å². The lowest BCUT2D eigenvalue weighted by Gasteiger charge is -2.06. The fourth-order valence-corrected chi connectivity index (χ4v) is 1.80. The summed E-state index contributed by atoms with van der Waals surface area (Å²) in [4.78, 5) is 11.7. The van der Waals surface area contributed by atoms with Gasteiger partial charge in [-0.05, 0) is 31.0 Å². The van der Waals surface area contributed by atoms with E-state index in [-0.39, 0.29) is 12.5 Å². The monoisotopic (exact) mass is 286 g/mol. The molecular weight excluding hydrogens is 272 g/mol. The molecule has 1 rings (SSSR count). The van der Waals surface area contributed by atoms with Crippen LogP contribution in [0.1, 0.15) is 23.2 Å². The van der Waals surface area contributed by atoms with E-state index in [0.29, 0.717) is 24.2 Å². The number of hydrogen-bond acceptors (Lipinski definition) is 3. The van der Waals surface area contributed by atoms with Gasteiger partial charge >= 0.3 is 0 Å². The third kappa shape index (κ3) is 4.20. The number of nitrogens with one attached hydrogen (secondary N) is 1. The Hall–Kier alpha value is -1.07. The molecule has 0 unspecified atom stereocenters. The number of amides is 1. The summed E-state index contributed by atoms with van der Waals surface area (Å²) in [6.45, 7) is 0.714. The normalized spacial score (nSPS) is 10.1. The smallest absolute Gasteiger partial charge is 0.251 e. The molecule has 0 heterocycles. The van der Waals surface area contributed by atoms with Crippen molar-refractivity contribution in [2.24, 2.45) is 0 Å². The van der Waals surface area contributed by atoms with E-state index in [1.165, 1.54) is 0 Å². The molecule has 0 spiro atoms. The Morgan fingerprint density at radius 3 is 2.75 bits per heavy atom. The Kier molecular flexibility index (Phi) is 5.28. The minimum Gasteiger partial charge on any atom is -0.399 e. The van der Waals surface area contributed by atoms with Crippen molar-refractivity contribution in [2.75, 3.05) is 18.9 Å². The van der Waals surface area contributed by atoms with Crippen molar-refractivity contribution in [1.82, 2.24) is 5.32 Å².